The maximum Gasteiger partial charge on any atom is 0.256 e. The molecule has 0 fully saturated rings. The first-order chi connectivity index (χ1) is 7.65. The van der Waals surface area contributed by atoms with Crippen molar-refractivity contribution in [2.45, 2.75) is 0 Å². The van der Waals surface area contributed by atoms with Gasteiger partial charge < -0.3 is 0 Å². The zero-order valence-corrected chi connectivity index (χ0v) is 9.55. The lowest BCUT2D eigenvalue weighted by Crippen LogP contribution is -2.22. The van der Waals surface area contributed by atoms with E-state index in [1.165, 1.54) is 4.68 Å². The quantitative estimate of drug-likeness (QED) is 0.791. The molecule has 16 heavy (non-hydrogen) atoms. The minimum absolute atomic E-state index is 0.116. The number of hydrogen-bond acceptors (Lipinski definition) is 6. The minimum atomic E-state index is 0.116. The van der Waals surface area contributed by atoms with E-state index < -0.39 is 0 Å². The van der Waals surface area contributed by atoms with Crippen molar-refractivity contribution in [1.29, 1.82) is 0 Å². The molecular weight excluding hydrogens is 230 g/mol. The van der Waals surface area contributed by atoms with E-state index in [1.807, 2.05) is 14.1 Å². The van der Waals surface area contributed by atoms with Gasteiger partial charge in [0.05, 0.1) is 0 Å². The van der Waals surface area contributed by atoms with Crippen molar-refractivity contribution in [3.05, 3.63) is 23.7 Å². The molecule has 2 heterocycles. The van der Waals surface area contributed by atoms with E-state index in [1.54, 1.807) is 23.5 Å². The standard InChI is InChI=1S/C8H10ClN7/c1-15(2)14-7-11-6(9)12-8(13-7)16-5-3-4-10-16/h3-5H,1-2H3,(H,11,12,13,14). The molecule has 84 valence electrons. The number of hydrogen-bond donors (Lipinski definition) is 1. The van der Waals surface area contributed by atoms with Gasteiger partial charge in [-0.05, 0) is 17.7 Å². The molecule has 0 aliphatic heterocycles. The highest BCUT2D eigenvalue weighted by Gasteiger charge is 2.06. The summed E-state index contributed by atoms with van der Waals surface area (Å²) in [4.78, 5) is 12.1. The Kier molecular flexibility index (Phi) is 2.97. The second-order valence-corrected chi connectivity index (χ2v) is 3.52. The number of nitrogens with one attached hydrogen (secondary N) is 1. The van der Waals surface area contributed by atoms with Crippen LogP contribution in [-0.2, 0) is 0 Å². The number of anilines is 1. The maximum atomic E-state index is 5.79. The summed E-state index contributed by atoms with van der Waals surface area (Å²) in [6, 6.07) is 1.77. The Morgan fingerprint density at radius 3 is 2.75 bits per heavy atom. The summed E-state index contributed by atoms with van der Waals surface area (Å²) in [6.07, 6.45) is 3.36. The van der Waals surface area contributed by atoms with Gasteiger partial charge in [-0.25, -0.2) is 9.69 Å². The first kappa shape index (κ1) is 10.8. The summed E-state index contributed by atoms with van der Waals surface area (Å²) in [5, 5.41) is 5.83. The summed E-state index contributed by atoms with van der Waals surface area (Å²) >= 11 is 5.79. The van der Waals surface area contributed by atoms with E-state index in [-0.39, 0.29) is 5.28 Å². The molecule has 0 amide bonds. The molecule has 0 aliphatic rings. The molecule has 2 rings (SSSR count). The lowest BCUT2D eigenvalue weighted by Gasteiger charge is -2.11. The number of halogens is 1. The Morgan fingerprint density at radius 1 is 1.31 bits per heavy atom. The monoisotopic (exact) mass is 239 g/mol. The minimum Gasteiger partial charge on any atom is -0.287 e. The van der Waals surface area contributed by atoms with E-state index in [9.17, 15) is 0 Å². The predicted molar refractivity (Wildman–Crippen MR) is 59.3 cm³/mol. The molecule has 1 N–H and O–H groups in total. The Bertz CT molecular complexity index is 467. The van der Waals surface area contributed by atoms with Crippen molar-refractivity contribution in [2.24, 2.45) is 0 Å². The third-order valence-corrected chi connectivity index (χ3v) is 1.80. The van der Waals surface area contributed by atoms with Crippen LogP contribution in [0.1, 0.15) is 0 Å². The molecule has 8 heteroatoms. The first-order valence-corrected chi connectivity index (χ1v) is 4.88. The normalized spacial score (nSPS) is 10.8. The SMILES string of the molecule is CN(C)Nc1nc(Cl)nc(-n2cccn2)n1. The third-order valence-electron chi connectivity index (χ3n) is 1.63. The molecule has 0 unspecified atom stereocenters. The van der Waals surface area contributed by atoms with Crippen LogP contribution in [0.15, 0.2) is 18.5 Å². The van der Waals surface area contributed by atoms with Gasteiger partial charge in [0.1, 0.15) is 0 Å². The summed E-state index contributed by atoms with van der Waals surface area (Å²) < 4.78 is 1.51. The molecule has 0 bridgehead atoms. The van der Waals surface area contributed by atoms with Gasteiger partial charge in [-0.3, -0.25) is 5.43 Å². The molecule has 0 spiro atoms. The molecule has 0 atom stereocenters. The van der Waals surface area contributed by atoms with Crippen LogP contribution in [0.3, 0.4) is 0 Å². The van der Waals surface area contributed by atoms with Crippen LogP contribution in [0.5, 0.6) is 0 Å². The molecule has 2 aromatic heterocycles. The highest BCUT2D eigenvalue weighted by Crippen LogP contribution is 2.08. The van der Waals surface area contributed by atoms with Crippen LogP contribution in [0.2, 0.25) is 5.28 Å². The largest absolute Gasteiger partial charge is 0.287 e. The first-order valence-electron chi connectivity index (χ1n) is 4.51. The summed E-state index contributed by atoms with van der Waals surface area (Å²) in [5.41, 5.74) is 2.89. The fourth-order valence-corrected chi connectivity index (χ4v) is 1.23. The average Bonchev–Trinajstić information content (AvgIpc) is 2.67. The Hall–Kier alpha value is -1.73. The van der Waals surface area contributed by atoms with Gasteiger partial charge >= 0.3 is 0 Å². The van der Waals surface area contributed by atoms with E-state index in [4.69, 9.17) is 11.6 Å². The van der Waals surface area contributed by atoms with Gasteiger partial charge in [0.2, 0.25) is 11.2 Å². The summed E-state index contributed by atoms with van der Waals surface area (Å²) in [6.45, 7) is 0. The lowest BCUT2D eigenvalue weighted by atomic mass is 10.7. The van der Waals surface area contributed by atoms with Gasteiger partial charge in [-0.1, -0.05) is 0 Å². The van der Waals surface area contributed by atoms with E-state index in [2.05, 4.69) is 25.5 Å². The van der Waals surface area contributed by atoms with Gasteiger partial charge in [0.25, 0.3) is 5.95 Å². The summed E-state index contributed by atoms with van der Waals surface area (Å²) in [5.74, 6) is 0.741. The van der Waals surface area contributed by atoms with E-state index in [0.29, 0.717) is 11.9 Å². The molecule has 2 aromatic rings. The molecule has 0 radical (unpaired) electrons. The smallest absolute Gasteiger partial charge is 0.256 e. The zero-order valence-electron chi connectivity index (χ0n) is 8.79. The Labute approximate surface area is 97.1 Å². The van der Waals surface area contributed by atoms with Crippen LogP contribution in [-0.4, -0.2) is 43.8 Å². The van der Waals surface area contributed by atoms with Crippen LogP contribution in [0.25, 0.3) is 5.95 Å². The van der Waals surface area contributed by atoms with Crippen LogP contribution in [0, 0.1) is 0 Å². The van der Waals surface area contributed by atoms with Gasteiger partial charge in [0, 0.05) is 26.5 Å². The topological polar surface area (TPSA) is 71.8 Å². The average molecular weight is 240 g/mol. The molecular formula is C8H10ClN7. The third kappa shape index (κ3) is 2.44. The number of aromatic nitrogens is 5. The van der Waals surface area contributed by atoms with Crippen LogP contribution in [0.4, 0.5) is 5.95 Å². The van der Waals surface area contributed by atoms with Crippen LogP contribution >= 0.6 is 11.6 Å². The van der Waals surface area contributed by atoms with Crippen molar-refractivity contribution in [2.75, 3.05) is 19.5 Å². The van der Waals surface area contributed by atoms with E-state index in [0.717, 1.165) is 0 Å². The van der Waals surface area contributed by atoms with Crippen molar-refractivity contribution >= 4 is 17.5 Å². The summed E-state index contributed by atoms with van der Waals surface area (Å²) in [7, 11) is 3.65. The highest BCUT2D eigenvalue weighted by atomic mass is 35.5. The number of rotatable bonds is 3. The van der Waals surface area contributed by atoms with Crippen LogP contribution < -0.4 is 5.43 Å². The Balaban J connectivity index is 2.36. The zero-order chi connectivity index (χ0) is 11.5. The van der Waals surface area contributed by atoms with E-state index >= 15 is 0 Å². The maximum absolute atomic E-state index is 5.79. The Morgan fingerprint density at radius 2 is 2.12 bits per heavy atom. The molecule has 0 aromatic carbocycles. The van der Waals surface area contributed by atoms with Crippen molar-refractivity contribution < 1.29 is 0 Å². The fourth-order valence-electron chi connectivity index (χ4n) is 1.08. The number of nitrogens with zero attached hydrogens (tertiary/aromatic N) is 6. The molecule has 0 saturated heterocycles. The highest BCUT2D eigenvalue weighted by molar-refractivity contribution is 6.28. The second kappa shape index (κ2) is 4.42. The second-order valence-electron chi connectivity index (χ2n) is 3.18. The van der Waals surface area contributed by atoms with Crippen molar-refractivity contribution in [3.8, 4) is 5.95 Å². The lowest BCUT2D eigenvalue weighted by molar-refractivity contribution is 0.488. The molecule has 0 saturated carbocycles. The van der Waals surface area contributed by atoms with Gasteiger partial charge in [-0.15, -0.1) is 0 Å². The van der Waals surface area contributed by atoms with Crippen molar-refractivity contribution in [3.63, 3.8) is 0 Å². The van der Waals surface area contributed by atoms with Crippen molar-refractivity contribution in [1.82, 2.24) is 29.7 Å². The van der Waals surface area contributed by atoms with Gasteiger partial charge in [-0.2, -0.15) is 20.1 Å². The predicted octanol–water partition coefficient (Wildman–Crippen LogP) is 0.599. The molecule has 7 nitrogen and oxygen atoms in total. The fraction of sp³-hybridized carbons (Fsp3) is 0.250. The number of hydrazine groups is 1. The van der Waals surface area contributed by atoms with Gasteiger partial charge in [0.15, 0.2) is 0 Å². The molecule has 0 aliphatic carbocycles.